The second-order valence-electron chi connectivity index (χ2n) is 5.49. The Balaban J connectivity index is 1.95. The van der Waals surface area contributed by atoms with E-state index in [2.05, 4.69) is 15.9 Å². The molecule has 4 heteroatoms. The quantitative estimate of drug-likeness (QED) is 0.767. The number of hydrogen-bond donors (Lipinski definition) is 0. The molecule has 2 fully saturated rings. The standard InChI is InChI=1S/C15H18BrFO2/c16-13-10-11(17)2-3-12(13)14-15(4-1-7-19-14)5-8-18-9-6-15/h2-3,10,14H,1,4-9H2. The third-order valence-corrected chi connectivity index (χ3v) is 5.08. The first-order valence-electron chi connectivity index (χ1n) is 6.86. The van der Waals surface area contributed by atoms with Crippen molar-refractivity contribution in [2.45, 2.75) is 31.8 Å². The van der Waals surface area contributed by atoms with Crippen LogP contribution in [0.15, 0.2) is 22.7 Å². The van der Waals surface area contributed by atoms with Crippen LogP contribution in [0.2, 0.25) is 0 Å². The molecule has 19 heavy (non-hydrogen) atoms. The first-order valence-corrected chi connectivity index (χ1v) is 7.65. The fourth-order valence-corrected chi connectivity index (χ4v) is 3.92. The zero-order valence-electron chi connectivity index (χ0n) is 10.8. The molecule has 0 saturated carbocycles. The van der Waals surface area contributed by atoms with Gasteiger partial charge < -0.3 is 9.47 Å². The maximum atomic E-state index is 13.3. The molecule has 0 amide bonds. The van der Waals surface area contributed by atoms with Crippen molar-refractivity contribution in [2.75, 3.05) is 19.8 Å². The average Bonchev–Trinajstić information content (AvgIpc) is 2.41. The van der Waals surface area contributed by atoms with Gasteiger partial charge in [-0.05, 0) is 43.4 Å². The first kappa shape index (κ1) is 13.5. The Morgan fingerprint density at radius 2 is 1.95 bits per heavy atom. The molecule has 104 valence electrons. The summed E-state index contributed by atoms with van der Waals surface area (Å²) in [5, 5.41) is 0. The fourth-order valence-electron chi connectivity index (χ4n) is 3.36. The monoisotopic (exact) mass is 328 g/mol. The van der Waals surface area contributed by atoms with Crippen LogP contribution in [-0.2, 0) is 9.47 Å². The summed E-state index contributed by atoms with van der Waals surface area (Å²) in [6.07, 6.45) is 4.39. The minimum Gasteiger partial charge on any atom is -0.381 e. The molecule has 0 aromatic heterocycles. The van der Waals surface area contributed by atoms with Crippen LogP contribution in [-0.4, -0.2) is 19.8 Å². The highest BCUT2D eigenvalue weighted by Crippen LogP contribution is 2.51. The van der Waals surface area contributed by atoms with Crippen molar-refractivity contribution >= 4 is 15.9 Å². The molecule has 0 N–H and O–H groups in total. The number of rotatable bonds is 1. The SMILES string of the molecule is Fc1ccc(C2OCCCC23CCOCC3)c(Br)c1. The summed E-state index contributed by atoms with van der Waals surface area (Å²) >= 11 is 3.48. The maximum absolute atomic E-state index is 13.3. The van der Waals surface area contributed by atoms with E-state index in [1.807, 2.05) is 6.07 Å². The summed E-state index contributed by atoms with van der Waals surface area (Å²) in [6, 6.07) is 4.90. The molecule has 0 radical (unpaired) electrons. The molecule has 1 aromatic carbocycles. The van der Waals surface area contributed by atoms with Crippen LogP contribution in [0.25, 0.3) is 0 Å². The second kappa shape index (κ2) is 5.51. The van der Waals surface area contributed by atoms with Crippen LogP contribution in [0.3, 0.4) is 0 Å². The largest absolute Gasteiger partial charge is 0.381 e. The van der Waals surface area contributed by atoms with E-state index >= 15 is 0 Å². The second-order valence-corrected chi connectivity index (χ2v) is 6.35. The summed E-state index contributed by atoms with van der Waals surface area (Å²) in [5.41, 5.74) is 1.24. The highest BCUT2D eigenvalue weighted by Gasteiger charge is 2.44. The molecule has 3 rings (SSSR count). The van der Waals surface area contributed by atoms with Crippen LogP contribution < -0.4 is 0 Å². The van der Waals surface area contributed by atoms with Crippen LogP contribution >= 0.6 is 15.9 Å². The Kier molecular flexibility index (Phi) is 3.92. The van der Waals surface area contributed by atoms with Gasteiger partial charge in [0.1, 0.15) is 5.82 Å². The highest BCUT2D eigenvalue weighted by molar-refractivity contribution is 9.10. The Morgan fingerprint density at radius 3 is 2.68 bits per heavy atom. The number of hydrogen-bond acceptors (Lipinski definition) is 2. The van der Waals surface area contributed by atoms with E-state index in [1.165, 1.54) is 18.6 Å². The van der Waals surface area contributed by atoms with Crippen molar-refractivity contribution in [1.82, 2.24) is 0 Å². The minimum atomic E-state index is -0.215. The predicted octanol–water partition coefficient (Wildman–Crippen LogP) is 4.24. The third-order valence-electron chi connectivity index (χ3n) is 4.39. The van der Waals surface area contributed by atoms with Crippen molar-refractivity contribution < 1.29 is 13.9 Å². The molecule has 2 aliphatic rings. The molecular weight excluding hydrogens is 311 g/mol. The predicted molar refractivity (Wildman–Crippen MR) is 74.5 cm³/mol. The lowest BCUT2D eigenvalue weighted by Crippen LogP contribution is -2.40. The van der Waals surface area contributed by atoms with Gasteiger partial charge in [-0.15, -0.1) is 0 Å². The summed E-state index contributed by atoms with van der Waals surface area (Å²) in [5.74, 6) is -0.215. The van der Waals surface area contributed by atoms with Gasteiger partial charge in [-0.2, -0.15) is 0 Å². The molecule has 2 heterocycles. The number of ether oxygens (including phenoxy) is 2. The van der Waals surface area contributed by atoms with Crippen LogP contribution in [0, 0.1) is 11.2 Å². The molecule has 1 spiro atoms. The Labute approximate surface area is 121 Å². The Bertz CT molecular complexity index is 449. The number of benzene rings is 1. The van der Waals surface area contributed by atoms with Crippen molar-refractivity contribution in [3.05, 3.63) is 34.1 Å². The van der Waals surface area contributed by atoms with Crippen LogP contribution in [0.1, 0.15) is 37.4 Å². The summed E-state index contributed by atoms with van der Waals surface area (Å²) in [4.78, 5) is 0. The lowest BCUT2D eigenvalue weighted by molar-refractivity contribution is -0.131. The maximum Gasteiger partial charge on any atom is 0.124 e. The van der Waals surface area contributed by atoms with Gasteiger partial charge in [0, 0.05) is 29.7 Å². The van der Waals surface area contributed by atoms with Crippen molar-refractivity contribution in [3.63, 3.8) is 0 Å². The molecule has 0 bridgehead atoms. The summed E-state index contributed by atoms with van der Waals surface area (Å²) in [6.45, 7) is 2.40. The van der Waals surface area contributed by atoms with Gasteiger partial charge in [0.25, 0.3) is 0 Å². The molecule has 1 atom stereocenters. The van der Waals surface area contributed by atoms with Gasteiger partial charge in [-0.1, -0.05) is 22.0 Å². The van der Waals surface area contributed by atoms with Gasteiger partial charge in [0.2, 0.25) is 0 Å². The molecule has 2 saturated heterocycles. The van der Waals surface area contributed by atoms with Gasteiger partial charge in [-0.25, -0.2) is 4.39 Å². The molecule has 2 nitrogen and oxygen atoms in total. The summed E-state index contributed by atoms with van der Waals surface area (Å²) < 4.78 is 25.6. The van der Waals surface area contributed by atoms with E-state index in [0.29, 0.717) is 0 Å². The molecule has 0 aliphatic carbocycles. The van der Waals surface area contributed by atoms with Gasteiger partial charge in [-0.3, -0.25) is 0 Å². The van der Waals surface area contributed by atoms with Crippen LogP contribution in [0.5, 0.6) is 0 Å². The van der Waals surface area contributed by atoms with E-state index in [9.17, 15) is 4.39 Å². The Hall–Kier alpha value is -0.450. The van der Waals surface area contributed by atoms with Crippen molar-refractivity contribution in [2.24, 2.45) is 5.41 Å². The highest BCUT2D eigenvalue weighted by atomic mass is 79.9. The minimum absolute atomic E-state index is 0.0557. The average molecular weight is 329 g/mol. The van der Waals surface area contributed by atoms with Crippen molar-refractivity contribution in [1.29, 1.82) is 0 Å². The lowest BCUT2D eigenvalue weighted by Gasteiger charge is -2.46. The van der Waals surface area contributed by atoms with E-state index in [1.54, 1.807) is 0 Å². The zero-order valence-corrected chi connectivity index (χ0v) is 12.4. The molecule has 1 unspecified atom stereocenters. The Morgan fingerprint density at radius 1 is 1.16 bits per heavy atom. The zero-order chi connectivity index (χ0) is 13.3. The number of halogens is 2. The van der Waals surface area contributed by atoms with Gasteiger partial charge >= 0.3 is 0 Å². The van der Waals surface area contributed by atoms with E-state index in [-0.39, 0.29) is 17.3 Å². The lowest BCUT2D eigenvalue weighted by atomic mass is 9.68. The van der Waals surface area contributed by atoms with Gasteiger partial charge in [0.05, 0.1) is 6.10 Å². The molecular formula is C15H18BrFO2. The smallest absolute Gasteiger partial charge is 0.124 e. The van der Waals surface area contributed by atoms with E-state index in [4.69, 9.17) is 9.47 Å². The topological polar surface area (TPSA) is 18.5 Å². The van der Waals surface area contributed by atoms with E-state index < -0.39 is 0 Å². The fraction of sp³-hybridized carbons (Fsp3) is 0.600. The molecule has 2 aliphatic heterocycles. The van der Waals surface area contributed by atoms with Crippen molar-refractivity contribution in [3.8, 4) is 0 Å². The first-order chi connectivity index (χ1) is 9.21. The van der Waals surface area contributed by atoms with E-state index in [0.717, 1.165) is 49.1 Å². The van der Waals surface area contributed by atoms with Crippen LogP contribution in [0.4, 0.5) is 4.39 Å². The van der Waals surface area contributed by atoms with Gasteiger partial charge in [0.15, 0.2) is 0 Å². The third kappa shape index (κ3) is 2.58. The molecule has 1 aromatic rings. The normalized spacial score (nSPS) is 26.5. The summed E-state index contributed by atoms with van der Waals surface area (Å²) in [7, 11) is 0.